The summed E-state index contributed by atoms with van der Waals surface area (Å²) in [5.41, 5.74) is 1.38. The molecule has 1 aliphatic carbocycles. The highest BCUT2D eigenvalue weighted by Gasteiger charge is 2.24. The van der Waals surface area contributed by atoms with E-state index >= 15 is 0 Å². The van der Waals surface area contributed by atoms with Crippen molar-refractivity contribution in [2.75, 3.05) is 18.2 Å². The molecule has 0 aromatic carbocycles. The van der Waals surface area contributed by atoms with Gasteiger partial charge < -0.3 is 14.6 Å². The first-order valence-electron chi connectivity index (χ1n) is 11.1. The minimum absolute atomic E-state index is 0.178. The standard InChI is InChI=1S/C23H32N4O3S2/c1-5-12-27-18(13-16-10-8-7-9-11-16)25-26-23(27)31-14-19(28)24-21-20(22(29)30-4)17(6-2)15(3)32-21/h5,16H,1,6-14H2,2-4H3,(H,24,28). The topological polar surface area (TPSA) is 86.1 Å². The second kappa shape index (κ2) is 11.7. The molecule has 0 unspecified atom stereocenters. The van der Waals surface area contributed by atoms with Crippen molar-refractivity contribution in [2.45, 2.75) is 70.5 Å². The van der Waals surface area contributed by atoms with E-state index in [1.54, 1.807) is 0 Å². The fraction of sp³-hybridized carbons (Fsp3) is 0.565. The summed E-state index contributed by atoms with van der Waals surface area (Å²) < 4.78 is 6.99. The molecule has 1 amide bonds. The molecule has 2 heterocycles. The van der Waals surface area contributed by atoms with Gasteiger partial charge in [0.15, 0.2) is 5.16 Å². The maximum absolute atomic E-state index is 12.7. The quantitative estimate of drug-likeness (QED) is 0.294. The molecule has 1 N–H and O–H groups in total. The summed E-state index contributed by atoms with van der Waals surface area (Å²) in [6.07, 6.45) is 9.85. The molecule has 0 aliphatic heterocycles. The lowest BCUT2D eigenvalue weighted by Crippen LogP contribution is -2.17. The maximum atomic E-state index is 12.7. The van der Waals surface area contributed by atoms with Gasteiger partial charge in [0.2, 0.25) is 5.91 Å². The van der Waals surface area contributed by atoms with Crippen LogP contribution in [0.3, 0.4) is 0 Å². The molecular formula is C23H32N4O3S2. The fourth-order valence-electron chi connectivity index (χ4n) is 4.24. The smallest absolute Gasteiger partial charge is 0.341 e. The van der Waals surface area contributed by atoms with Crippen molar-refractivity contribution in [1.29, 1.82) is 0 Å². The van der Waals surface area contributed by atoms with Gasteiger partial charge in [-0.3, -0.25) is 4.79 Å². The molecular weight excluding hydrogens is 444 g/mol. The number of allylic oxidation sites excluding steroid dienone is 1. The van der Waals surface area contributed by atoms with E-state index in [0.717, 1.165) is 27.8 Å². The third kappa shape index (κ3) is 5.81. The van der Waals surface area contributed by atoms with E-state index in [4.69, 9.17) is 4.74 Å². The third-order valence-corrected chi connectivity index (χ3v) is 7.87. The number of esters is 1. The molecule has 0 spiro atoms. The predicted octanol–water partition coefficient (Wildman–Crippen LogP) is 5.04. The first-order valence-corrected chi connectivity index (χ1v) is 12.9. The van der Waals surface area contributed by atoms with Crippen LogP contribution in [0.4, 0.5) is 5.00 Å². The van der Waals surface area contributed by atoms with Crippen LogP contribution in [-0.4, -0.2) is 39.5 Å². The van der Waals surface area contributed by atoms with Gasteiger partial charge in [-0.1, -0.05) is 56.9 Å². The summed E-state index contributed by atoms with van der Waals surface area (Å²) in [6, 6.07) is 0. The van der Waals surface area contributed by atoms with Crippen LogP contribution in [0.2, 0.25) is 0 Å². The van der Waals surface area contributed by atoms with Crippen LogP contribution in [0.5, 0.6) is 0 Å². The fourth-order valence-corrected chi connectivity index (χ4v) is 6.16. The van der Waals surface area contributed by atoms with E-state index in [-0.39, 0.29) is 11.7 Å². The zero-order valence-electron chi connectivity index (χ0n) is 19.1. The number of rotatable bonds is 10. The highest BCUT2D eigenvalue weighted by molar-refractivity contribution is 7.99. The number of ether oxygens (including phenoxy) is 1. The molecule has 32 heavy (non-hydrogen) atoms. The molecule has 0 radical (unpaired) electrons. The summed E-state index contributed by atoms with van der Waals surface area (Å²) >= 11 is 2.76. The molecule has 0 bridgehead atoms. The van der Waals surface area contributed by atoms with Gasteiger partial charge in [0.05, 0.1) is 18.4 Å². The minimum atomic E-state index is -0.424. The van der Waals surface area contributed by atoms with Gasteiger partial charge in [0.25, 0.3) is 0 Å². The third-order valence-electron chi connectivity index (χ3n) is 5.84. The predicted molar refractivity (Wildman–Crippen MR) is 130 cm³/mol. The monoisotopic (exact) mass is 476 g/mol. The van der Waals surface area contributed by atoms with Gasteiger partial charge in [0, 0.05) is 17.8 Å². The van der Waals surface area contributed by atoms with Crippen molar-refractivity contribution in [3.63, 3.8) is 0 Å². The van der Waals surface area contributed by atoms with Crippen molar-refractivity contribution in [1.82, 2.24) is 14.8 Å². The number of thioether (sulfide) groups is 1. The molecule has 174 valence electrons. The van der Waals surface area contributed by atoms with Crippen LogP contribution < -0.4 is 5.32 Å². The molecule has 1 fully saturated rings. The summed E-state index contributed by atoms with van der Waals surface area (Å²) in [5, 5.41) is 12.9. The van der Waals surface area contributed by atoms with Crippen LogP contribution in [-0.2, 0) is 28.9 Å². The molecule has 2 aromatic heterocycles. The number of carbonyl (C=O) groups excluding carboxylic acids is 2. The van der Waals surface area contributed by atoms with Crippen LogP contribution in [0.1, 0.15) is 65.7 Å². The van der Waals surface area contributed by atoms with Gasteiger partial charge in [-0.05, 0) is 24.8 Å². The molecule has 7 nitrogen and oxygen atoms in total. The number of hydrogen-bond acceptors (Lipinski definition) is 7. The normalized spacial score (nSPS) is 14.3. The minimum Gasteiger partial charge on any atom is -0.465 e. The number of aromatic nitrogens is 3. The molecule has 0 saturated heterocycles. The van der Waals surface area contributed by atoms with Crippen molar-refractivity contribution in [3.05, 3.63) is 34.5 Å². The maximum Gasteiger partial charge on any atom is 0.341 e. The SMILES string of the molecule is C=CCn1c(CC2CCCCC2)nnc1SCC(=O)Nc1sc(C)c(CC)c1C(=O)OC. The largest absolute Gasteiger partial charge is 0.465 e. The summed E-state index contributed by atoms with van der Waals surface area (Å²) in [4.78, 5) is 26.0. The Kier molecular flexibility index (Phi) is 8.92. The van der Waals surface area contributed by atoms with Crippen molar-refractivity contribution < 1.29 is 14.3 Å². The van der Waals surface area contributed by atoms with E-state index in [0.29, 0.717) is 29.4 Å². The lowest BCUT2D eigenvalue weighted by atomic mass is 9.87. The number of methoxy groups -OCH3 is 1. The second-order valence-electron chi connectivity index (χ2n) is 8.03. The molecule has 3 rings (SSSR count). The zero-order valence-corrected chi connectivity index (χ0v) is 20.7. The zero-order chi connectivity index (χ0) is 23.1. The highest BCUT2D eigenvalue weighted by atomic mass is 32.2. The van der Waals surface area contributed by atoms with E-state index in [2.05, 4.69) is 26.7 Å². The average Bonchev–Trinajstić information content (AvgIpc) is 3.32. The van der Waals surface area contributed by atoms with Crippen LogP contribution in [0.25, 0.3) is 0 Å². The Morgan fingerprint density at radius 1 is 1.31 bits per heavy atom. The van der Waals surface area contributed by atoms with Crippen LogP contribution >= 0.6 is 23.1 Å². The van der Waals surface area contributed by atoms with E-state index in [1.165, 1.54) is 62.3 Å². The molecule has 1 aliphatic rings. The van der Waals surface area contributed by atoms with Gasteiger partial charge >= 0.3 is 5.97 Å². The molecule has 2 aromatic rings. The Morgan fingerprint density at radius 2 is 2.06 bits per heavy atom. The lowest BCUT2D eigenvalue weighted by molar-refractivity contribution is -0.113. The Hall–Kier alpha value is -2.13. The van der Waals surface area contributed by atoms with E-state index in [9.17, 15) is 9.59 Å². The molecule has 0 atom stereocenters. The number of anilines is 1. The van der Waals surface area contributed by atoms with Crippen molar-refractivity contribution in [2.24, 2.45) is 5.92 Å². The Labute approximate surface area is 198 Å². The van der Waals surface area contributed by atoms with E-state index < -0.39 is 5.97 Å². The summed E-state index contributed by atoms with van der Waals surface area (Å²) in [6.45, 7) is 8.42. The van der Waals surface area contributed by atoms with Crippen molar-refractivity contribution >= 4 is 40.0 Å². The average molecular weight is 477 g/mol. The number of aryl methyl sites for hydroxylation is 1. The lowest BCUT2D eigenvalue weighted by Gasteiger charge is -2.21. The number of nitrogens with one attached hydrogen (secondary N) is 1. The van der Waals surface area contributed by atoms with Gasteiger partial charge in [0.1, 0.15) is 10.8 Å². The Morgan fingerprint density at radius 3 is 2.72 bits per heavy atom. The molecule has 1 saturated carbocycles. The summed E-state index contributed by atoms with van der Waals surface area (Å²) in [5.74, 6) is 1.19. The van der Waals surface area contributed by atoms with Gasteiger partial charge in [-0.15, -0.1) is 28.1 Å². The van der Waals surface area contributed by atoms with Crippen LogP contribution in [0, 0.1) is 12.8 Å². The first-order chi connectivity index (χ1) is 15.5. The second-order valence-corrected chi connectivity index (χ2v) is 10.2. The number of thiophene rings is 1. The number of carbonyl (C=O) groups is 2. The van der Waals surface area contributed by atoms with Gasteiger partial charge in [-0.25, -0.2) is 4.79 Å². The number of nitrogens with zero attached hydrogens (tertiary/aromatic N) is 3. The first kappa shape index (κ1) is 24.5. The highest BCUT2D eigenvalue weighted by Crippen LogP contribution is 2.34. The number of hydrogen-bond donors (Lipinski definition) is 1. The number of amides is 1. The van der Waals surface area contributed by atoms with Crippen LogP contribution in [0.15, 0.2) is 17.8 Å². The Balaban J connectivity index is 1.67. The Bertz CT molecular complexity index is 961. The van der Waals surface area contributed by atoms with Gasteiger partial charge in [-0.2, -0.15) is 0 Å². The summed E-state index contributed by atoms with van der Waals surface area (Å²) in [7, 11) is 1.35. The van der Waals surface area contributed by atoms with E-state index in [1.807, 2.05) is 19.9 Å². The van der Waals surface area contributed by atoms with Crippen molar-refractivity contribution in [3.8, 4) is 0 Å². The molecule has 9 heteroatoms.